The summed E-state index contributed by atoms with van der Waals surface area (Å²) in [6.45, 7) is 3.61. The molecule has 3 aromatic heterocycles. The summed E-state index contributed by atoms with van der Waals surface area (Å²) in [6, 6.07) is 5.12. The number of urea groups is 1. The fraction of sp³-hybridized carbons (Fsp3) is 0.360. The van der Waals surface area contributed by atoms with Gasteiger partial charge in [0, 0.05) is 62.0 Å². The van der Waals surface area contributed by atoms with Crippen LogP contribution in [0.15, 0.2) is 30.6 Å². The molecule has 4 heterocycles. The Labute approximate surface area is 196 Å². The molecule has 0 bridgehead atoms. The lowest BCUT2D eigenvalue weighted by Crippen LogP contribution is -2.43. The number of benzene rings is 1. The number of aromatic nitrogens is 5. The summed E-state index contributed by atoms with van der Waals surface area (Å²) in [6.07, 6.45) is 5.87. The van der Waals surface area contributed by atoms with Gasteiger partial charge in [0.05, 0.1) is 29.3 Å². The summed E-state index contributed by atoms with van der Waals surface area (Å²) in [5.41, 5.74) is 4.59. The SMILES string of the molecule is CNC(=O)N1CCn2c(C3CC3)nc(-c3c(F)ccc4cc(-c5cn(C)nc5C)ncc34)c2C1. The minimum Gasteiger partial charge on any atom is -0.341 e. The van der Waals surface area contributed by atoms with Gasteiger partial charge in [-0.3, -0.25) is 9.67 Å². The molecule has 4 aromatic rings. The van der Waals surface area contributed by atoms with Gasteiger partial charge in [0.1, 0.15) is 11.6 Å². The molecule has 1 aromatic carbocycles. The van der Waals surface area contributed by atoms with Gasteiger partial charge in [0.25, 0.3) is 0 Å². The average molecular weight is 460 g/mol. The maximum Gasteiger partial charge on any atom is 0.317 e. The highest BCUT2D eigenvalue weighted by molar-refractivity contribution is 5.97. The molecule has 1 aliphatic heterocycles. The van der Waals surface area contributed by atoms with Gasteiger partial charge in [-0.05, 0) is 37.3 Å². The quantitative estimate of drug-likeness (QED) is 0.503. The van der Waals surface area contributed by atoms with Gasteiger partial charge >= 0.3 is 6.03 Å². The monoisotopic (exact) mass is 459 g/mol. The van der Waals surface area contributed by atoms with Crippen LogP contribution in [0.3, 0.4) is 0 Å². The summed E-state index contributed by atoms with van der Waals surface area (Å²) in [5, 5.41) is 8.72. The minimum absolute atomic E-state index is 0.136. The van der Waals surface area contributed by atoms with E-state index in [-0.39, 0.29) is 11.8 Å². The molecule has 34 heavy (non-hydrogen) atoms. The Bertz CT molecular complexity index is 1450. The Morgan fingerprint density at radius 3 is 2.76 bits per heavy atom. The van der Waals surface area contributed by atoms with Crippen LogP contribution in [0.25, 0.3) is 33.3 Å². The molecule has 0 spiro atoms. The van der Waals surface area contributed by atoms with Crippen LogP contribution in [-0.4, -0.2) is 48.8 Å². The zero-order valence-electron chi connectivity index (χ0n) is 19.5. The van der Waals surface area contributed by atoms with Crippen molar-refractivity contribution >= 4 is 16.8 Å². The molecule has 0 saturated heterocycles. The maximum absolute atomic E-state index is 15.4. The van der Waals surface area contributed by atoms with E-state index in [2.05, 4.69) is 20.0 Å². The van der Waals surface area contributed by atoms with Crippen molar-refractivity contribution < 1.29 is 9.18 Å². The summed E-state index contributed by atoms with van der Waals surface area (Å²) in [5.74, 6) is 1.09. The van der Waals surface area contributed by atoms with Gasteiger partial charge in [0.2, 0.25) is 0 Å². The predicted octanol–water partition coefficient (Wildman–Crippen LogP) is 3.98. The zero-order valence-corrected chi connectivity index (χ0v) is 19.5. The summed E-state index contributed by atoms with van der Waals surface area (Å²) >= 11 is 0. The molecule has 1 fully saturated rings. The first kappa shape index (κ1) is 20.8. The van der Waals surface area contributed by atoms with Crippen LogP contribution in [0, 0.1) is 12.7 Å². The first-order chi connectivity index (χ1) is 16.4. The Kier molecular flexibility index (Phi) is 4.68. The number of hydrogen-bond acceptors (Lipinski definition) is 4. The topological polar surface area (TPSA) is 80.9 Å². The Hall–Kier alpha value is -3.75. The second-order valence-corrected chi connectivity index (χ2v) is 9.18. The van der Waals surface area contributed by atoms with Crippen LogP contribution >= 0.6 is 0 Å². The van der Waals surface area contributed by atoms with Crippen LogP contribution in [0.5, 0.6) is 0 Å². The number of carbonyl (C=O) groups excluding carboxylic acids is 1. The van der Waals surface area contributed by atoms with Crippen molar-refractivity contribution in [1.29, 1.82) is 0 Å². The number of rotatable bonds is 3. The van der Waals surface area contributed by atoms with Crippen molar-refractivity contribution in [2.45, 2.75) is 38.8 Å². The van der Waals surface area contributed by atoms with E-state index in [1.807, 2.05) is 26.2 Å². The smallest absolute Gasteiger partial charge is 0.317 e. The fourth-order valence-corrected chi connectivity index (χ4v) is 5.01. The van der Waals surface area contributed by atoms with E-state index in [0.717, 1.165) is 46.7 Å². The number of hydrogen-bond donors (Lipinski definition) is 1. The van der Waals surface area contributed by atoms with E-state index in [9.17, 15) is 4.79 Å². The van der Waals surface area contributed by atoms with Crippen molar-refractivity contribution in [2.75, 3.05) is 13.6 Å². The maximum atomic E-state index is 15.4. The van der Waals surface area contributed by atoms with Gasteiger partial charge in [-0.15, -0.1) is 0 Å². The number of pyridine rings is 1. The molecule has 1 saturated carbocycles. The molecular formula is C25H26FN7O. The number of nitrogens with zero attached hydrogens (tertiary/aromatic N) is 6. The van der Waals surface area contributed by atoms with E-state index in [1.165, 1.54) is 6.07 Å². The lowest BCUT2D eigenvalue weighted by Gasteiger charge is -2.29. The van der Waals surface area contributed by atoms with E-state index in [1.54, 1.807) is 28.9 Å². The Balaban J connectivity index is 1.52. The lowest BCUT2D eigenvalue weighted by molar-refractivity contribution is 0.185. The molecule has 174 valence electrons. The first-order valence-electron chi connectivity index (χ1n) is 11.6. The van der Waals surface area contributed by atoms with Crippen molar-refractivity contribution in [3.05, 3.63) is 53.6 Å². The molecule has 2 aliphatic rings. The molecule has 2 amide bonds. The highest BCUT2D eigenvalue weighted by Crippen LogP contribution is 2.44. The van der Waals surface area contributed by atoms with Crippen molar-refractivity contribution in [3.8, 4) is 22.5 Å². The Morgan fingerprint density at radius 2 is 2.06 bits per heavy atom. The molecule has 0 atom stereocenters. The normalized spacial score (nSPS) is 15.6. The Morgan fingerprint density at radius 1 is 1.24 bits per heavy atom. The summed E-state index contributed by atoms with van der Waals surface area (Å²) in [4.78, 5) is 23.8. The molecule has 6 rings (SSSR count). The summed E-state index contributed by atoms with van der Waals surface area (Å²) < 4.78 is 19.4. The number of aryl methyl sites for hydroxylation is 2. The highest BCUT2D eigenvalue weighted by atomic mass is 19.1. The second kappa shape index (κ2) is 7.65. The molecule has 8 nitrogen and oxygen atoms in total. The lowest BCUT2D eigenvalue weighted by atomic mass is 10.00. The fourth-order valence-electron chi connectivity index (χ4n) is 5.01. The number of carbonyl (C=O) groups is 1. The van der Waals surface area contributed by atoms with Gasteiger partial charge < -0.3 is 14.8 Å². The number of fused-ring (bicyclic) bond motifs is 2. The van der Waals surface area contributed by atoms with Crippen LogP contribution in [0.1, 0.15) is 36.0 Å². The van der Waals surface area contributed by atoms with Gasteiger partial charge in [0.15, 0.2) is 0 Å². The second-order valence-electron chi connectivity index (χ2n) is 9.18. The molecule has 9 heteroatoms. The molecule has 0 radical (unpaired) electrons. The van der Waals surface area contributed by atoms with Crippen LogP contribution in [0.2, 0.25) is 0 Å². The van der Waals surface area contributed by atoms with Crippen LogP contribution in [0.4, 0.5) is 9.18 Å². The third kappa shape index (κ3) is 3.26. The minimum atomic E-state index is -0.333. The van der Waals surface area contributed by atoms with Crippen LogP contribution < -0.4 is 5.32 Å². The highest BCUT2D eigenvalue weighted by Gasteiger charge is 2.35. The summed E-state index contributed by atoms with van der Waals surface area (Å²) in [7, 11) is 3.51. The standard InChI is InChI=1S/C25H26FN7O/c1-14-18(12-31(3)30-14)20-10-16-6-7-19(26)22(17(16)11-28-20)23-21-13-32(25(34)27-2)8-9-33(21)24(29-23)15-4-5-15/h6-7,10-12,15H,4-5,8-9,13H2,1-3H3,(H,27,34). The van der Waals surface area contributed by atoms with E-state index in [0.29, 0.717) is 42.2 Å². The number of amides is 2. The number of imidazole rings is 1. The average Bonchev–Trinajstić information content (AvgIpc) is 3.54. The van der Waals surface area contributed by atoms with Crippen molar-refractivity contribution in [2.24, 2.45) is 7.05 Å². The predicted molar refractivity (Wildman–Crippen MR) is 127 cm³/mol. The molecular weight excluding hydrogens is 433 g/mol. The zero-order chi connectivity index (χ0) is 23.6. The first-order valence-corrected chi connectivity index (χ1v) is 11.6. The van der Waals surface area contributed by atoms with Crippen LogP contribution in [-0.2, 0) is 20.1 Å². The molecule has 1 aliphatic carbocycles. The third-order valence-electron chi connectivity index (χ3n) is 6.86. The van der Waals surface area contributed by atoms with Gasteiger partial charge in [-0.25, -0.2) is 14.2 Å². The molecule has 1 N–H and O–H groups in total. The van der Waals surface area contributed by atoms with E-state index >= 15 is 4.39 Å². The van der Waals surface area contributed by atoms with Gasteiger partial charge in [-0.2, -0.15) is 5.10 Å². The molecule has 0 unspecified atom stereocenters. The van der Waals surface area contributed by atoms with Crippen molar-refractivity contribution in [1.82, 2.24) is 34.5 Å². The number of nitrogens with one attached hydrogen (secondary N) is 1. The van der Waals surface area contributed by atoms with E-state index < -0.39 is 0 Å². The van der Waals surface area contributed by atoms with E-state index in [4.69, 9.17) is 4.98 Å². The largest absolute Gasteiger partial charge is 0.341 e. The van der Waals surface area contributed by atoms with Gasteiger partial charge in [-0.1, -0.05) is 6.07 Å². The number of halogens is 1. The third-order valence-corrected chi connectivity index (χ3v) is 6.86. The van der Waals surface area contributed by atoms with Crippen molar-refractivity contribution in [3.63, 3.8) is 0 Å².